The van der Waals surface area contributed by atoms with Crippen molar-refractivity contribution in [2.75, 3.05) is 6.54 Å². The minimum atomic E-state index is 0.584. The second kappa shape index (κ2) is 5.18. The van der Waals surface area contributed by atoms with Gasteiger partial charge in [-0.3, -0.25) is 0 Å². The van der Waals surface area contributed by atoms with E-state index in [0.717, 1.165) is 19.5 Å². The van der Waals surface area contributed by atoms with Crippen LogP contribution in [0.5, 0.6) is 0 Å². The molecule has 98 valence electrons. The highest BCUT2D eigenvalue weighted by atomic mass is 14.9. The smallest absolute Gasteiger partial charge is 0.0208 e. The summed E-state index contributed by atoms with van der Waals surface area (Å²) in [5, 5.41) is 3.45. The first-order valence-corrected chi connectivity index (χ1v) is 7.17. The van der Waals surface area contributed by atoms with Gasteiger partial charge in [0.2, 0.25) is 0 Å². The second-order valence-electron chi connectivity index (χ2n) is 5.65. The Kier molecular flexibility index (Phi) is 3.39. The lowest BCUT2D eigenvalue weighted by molar-refractivity contribution is 0.645. The van der Waals surface area contributed by atoms with E-state index in [4.69, 9.17) is 0 Å². The van der Waals surface area contributed by atoms with Crippen LogP contribution < -0.4 is 5.32 Å². The summed E-state index contributed by atoms with van der Waals surface area (Å²) in [7, 11) is 0. The fraction of sp³-hybridized carbons (Fsp3) is 0.333. The Hall–Kier alpha value is -1.60. The van der Waals surface area contributed by atoms with Gasteiger partial charge in [-0.2, -0.15) is 0 Å². The molecule has 0 atom stereocenters. The maximum absolute atomic E-state index is 3.45. The molecule has 1 nitrogen and oxygen atoms in total. The van der Waals surface area contributed by atoms with Crippen molar-refractivity contribution in [3.8, 4) is 11.1 Å². The Morgan fingerprint density at radius 2 is 1.89 bits per heavy atom. The molecule has 0 saturated carbocycles. The van der Waals surface area contributed by atoms with E-state index in [1.807, 2.05) is 0 Å². The van der Waals surface area contributed by atoms with E-state index in [1.165, 1.54) is 27.8 Å². The van der Waals surface area contributed by atoms with Crippen molar-refractivity contribution in [2.45, 2.75) is 32.7 Å². The van der Waals surface area contributed by atoms with Crippen LogP contribution in [0.3, 0.4) is 0 Å². The van der Waals surface area contributed by atoms with Crippen molar-refractivity contribution >= 4 is 0 Å². The van der Waals surface area contributed by atoms with Crippen LogP contribution in [0.15, 0.2) is 42.5 Å². The van der Waals surface area contributed by atoms with Gasteiger partial charge in [0.1, 0.15) is 0 Å². The first kappa shape index (κ1) is 12.4. The molecule has 0 unspecified atom stereocenters. The van der Waals surface area contributed by atoms with Gasteiger partial charge in [-0.1, -0.05) is 56.3 Å². The monoisotopic (exact) mass is 251 g/mol. The van der Waals surface area contributed by atoms with Crippen LogP contribution in [0.1, 0.15) is 36.5 Å². The highest BCUT2D eigenvalue weighted by molar-refractivity contribution is 5.70. The molecule has 1 heteroatoms. The third-order valence-corrected chi connectivity index (χ3v) is 4.00. The number of hydrogen-bond acceptors (Lipinski definition) is 1. The number of fused-ring (bicyclic) bond motifs is 1. The maximum atomic E-state index is 3.45. The van der Waals surface area contributed by atoms with Crippen LogP contribution in [-0.2, 0) is 13.0 Å². The van der Waals surface area contributed by atoms with E-state index >= 15 is 0 Å². The van der Waals surface area contributed by atoms with Crippen LogP contribution >= 0.6 is 0 Å². The highest BCUT2D eigenvalue weighted by Gasteiger charge is 2.13. The van der Waals surface area contributed by atoms with Gasteiger partial charge in [0.15, 0.2) is 0 Å². The summed E-state index contributed by atoms with van der Waals surface area (Å²) < 4.78 is 0. The second-order valence-corrected chi connectivity index (χ2v) is 5.65. The highest BCUT2D eigenvalue weighted by Crippen LogP contribution is 2.30. The molecule has 2 aromatic rings. The molecule has 1 aliphatic heterocycles. The lowest BCUT2D eigenvalue weighted by Gasteiger charge is -2.21. The summed E-state index contributed by atoms with van der Waals surface area (Å²) in [6, 6.07) is 15.7. The van der Waals surface area contributed by atoms with Crippen LogP contribution in [0, 0.1) is 0 Å². The topological polar surface area (TPSA) is 12.0 Å². The minimum Gasteiger partial charge on any atom is -0.312 e. The fourth-order valence-electron chi connectivity index (χ4n) is 2.87. The molecular weight excluding hydrogens is 230 g/mol. The van der Waals surface area contributed by atoms with Gasteiger partial charge < -0.3 is 5.32 Å². The number of nitrogens with one attached hydrogen (secondary N) is 1. The van der Waals surface area contributed by atoms with Crippen LogP contribution in [0.25, 0.3) is 11.1 Å². The molecule has 2 aromatic carbocycles. The molecule has 3 rings (SSSR count). The first-order valence-electron chi connectivity index (χ1n) is 7.17. The molecule has 0 spiro atoms. The summed E-state index contributed by atoms with van der Waals surface area (Å²) in [5.74, 6) is 0.584. The molecule has 1 aliphatic rings. The molecule has 1 N–H and O–H groups in total. The van der Waals surface area contributed by atoms with E-state index in [-0.39, 0.29) is 0 Å². The van der Waals surface area contributed by atoms with Crippen molar-refractivity contribution in [3.05, 3.63) is 59.2 Å². The number of hydrogen-bond donors (Lipinski definition) is 1. The Morgan fingerprint density at radius 3 is 2.74 bits per heavy atom. The van der Waals surface area contributed by atoms with Crippen LogP contribution in [0.2, 0.25) is 0 Å². The molecular formula is C18H21N. The zero-order valence-corrected chi connectivity index (χ0v) is 11.7. The van der Waals surface area contributed by atoms with Gasteiger partial charge in [0.25, 0.3) is 0 Å². The molecule has 0 amide bonds. The Bertz CT molecular complexity index is 584. The Labute approximate surface area is 115 Å². The zero-order valence-electron chi connectivity index (χ0n) is 11.7. The minimum absolute atomic E-state index is 0.584. The van der Waals surface area contributed by atoms with Crippen molar-refractivity contribution in [1.82, 2.24) is 5.32 Å². The predicted molar refractivity (Wildman–Crippen MR) is 81.4 cm³/mol. The molecule has 0 aromatic heterocycles. The van der Waals surface area contributed by atoms with Crippen LogP contribution in [-0.4, -0.2) is 6.54 Å². The summed E-state index contributed by atoms with van der Waals surface area (Å²) in [4.78, 5) is 0. The summed E-state index contributed by atoms with van der Waals surface area (Å²) in [6.07, 6.45) is 1.14. The van der Waals surface area contributed by atoms with Crippen molar-refractivity contribution in [3.63, 3.8) is 0 Å². The van der Waals surface area contributed by atoms with Gasteiger partial charge in [-0.05, 0) is 46.7 Å². The van der Waals surface area contributed by atoms with E-state index in [2.05, 4.69) is 61.6 Å². The summed E-state index contributed by atoms with van der Waals surface area (Å²) >= 11 is 0. The molecule has 1 heterocycles. The third kappa shape index (κ3) is 2.43. The Morgan fingerprint density at radius 1 is 1.05 bits per heavy atom. The van der Waals surface area contributed by atoms with Gasteiger partial charge >= 0.3 is 0 Å². The normalized spacial score (nSPS) is 14.5. The van der Waals surface area contributed by atoms with Gasteiger partial charge in [-0.25, -0.2) is 0 Å². The van der Waals surface area contributed by atoms with E-state index < -0.39 is 0 Å². The molecule has 0 radical (unpaired) electrons. The predicted octanol–water partition coefficient (Wildman–Crippen LogP) is 4.12. The first-order chi connectivity index (χ1) is 9.25. The molecule has 19 heavy (non-hydrogen) atoms. The number of benzene rings is 2. The van der Waals surface area contributed by atoms with Crippen molar-refractivity contribution in [1.29, 1.82) is 0 Å². The SMILES string of the molecule is CC(C)c1cccc(-c2cccc3c2CCNC3)c1. The lowest BCUT2D eigenvalue weighted by atomic mass is 9.90. The van der Waals surface area contributed by atoms with Crippen molar-refractivity contribution in [2.24, 2.45) is 0 Å². The lowest BCUT2D eigenvalue weighted by Crippen LogP contribution is -2.24. The van der Waals surface area contributed by atoms with E-state index in [1.54, 1.807) is 0 Å². The van der Waals surface area contributed by atoms with Gasteiger partial charge in [0.05, 0.1) is 0 Å². The molecule has 0 saturated heterocycles. The maximum Gasteiger partial charge on any atom is 0.0208 e. The average molecular weight is 251 g/mol. The summed E-state index contributed by atoms with van der Waals surface area (Å²) in [5.41, 5.74) is 7.19. The Balaban J connectivity index is 2.09. The molecule has 0 fully saturated rings. The third-order valence-electron chi connectivity index (χ3n) is 4.00. The molecule has 0 bridgehead atoms. The standard InChI is InChI=1S/C18H21N/c1-13(2)14-5-3-6-15(11-14)17-8-4-7-16-12-19-10-9-18(16)17/h3-8,11,13,19H,9-10,12H2,1-2H3. The molecule has 0 aliphatic carbocycles. The van der Waals surface area contributed by atoms with Gasteiger partial charge in [0, 0.05) is 6.54 Å². The summed E-state index contributed by atoms with van der Waals surface area (Å²) in [6.45, 7) is 6.61. The van der Waals surface area contributed by atoms with Gasteiger partial charge in [-0.15, -0.1) is 0 Å². The number of rotatable bonds is 2. The quantitative estimate of drug-likeness (QED) is 0.846. The zero-order chi connectivity index (χ0) is 13.2. The van der Waals surface area contributed by atoms with E-state index in [0.29, 0.717) is 5.92 Å². The van der Waals surface area contributed by atoms with Crippen molar-refractivity contribution < 1.29 is 0 Å². The fourth-order valence-corrected chi connectivity index (χ4v) is 2.87. The largest absolute Gasteiger partial charge is 0.312 e. The van der Waals surface area contributed by atoms with E-state index in [9.17, 15) is 0 Å². The average Bonchev–Trinajstić information content (AvgIpc) is 2.47. The van der Waals surface area contributed by atoms with Crippen LogP contribution in [0.4, 0.5) is 0 Å².